The molecule has 2 aliphatic rings. The van der Waals surface area contributed by atoms with Gasteiger partial charge in [0, 0.05) is 50.2 Å². The second-order valence-corrected chi connectivity index (χ2v) is 11.0. The summed E-state index contributed by atoms with van der Waals surface area (Å²) in [6.07, 6.45) is 1.92. The lowest BCUT2D eigenvalue weighted by Gasteiger charge is -2.35. The van der Waals surface area contributed by atoms with Crippen LogP contribution in [0.1, 0.15) is 17.7 Å². The predicted molar refractivity (Wildman–Crippen MR) is 118 cm³/mol. The van der Waals surface area contributed by atoms with Crippen molar-refractivity contribution in [2.75, 3.05) is 44.2 Å². The molecule has 0 N–H and O–H groups in total. The van der Waals surface area contributed by atoms with Gasteiger partial charge in [0.2, 0.25) is 5.91 Å². The number of piperazine rings is 1. The van der Waals surface area contributed by atoms with Crippen LogP contribution in [0.3, 0.4) is 0 Å². The van der Waals surface area contributed by atoms with Gasteiger partial charge < -0.3 is 9.80 Å². The lowest BCUT2D eigenvalue weighted by atomic mass is 10.2. The smallest absolute Gasteiger partial charge is 0.292 e. The Morgan fingerprint density at radius 3 is 2.35 bits per heavy atom. The average molecular weight is 465 g/mol. The molecule has 2 saturated heterocycles. The number of thiophene rings is 1. The van der Waals surface area contributed by atoms with Gasteiger partial charge >= 0.3 is 0 Å². The fraction of sp³-hybridized carbons (Fsp3) is 0.450. The van der Waals surface area contributed by atoms with Crippen LogP contribution in [0, 0.1) is 10.1 Å². The molecule has 0 radical (unpaired) electrons. The predicted octanol–water partition coefficient (Wildman–Crippen LogP) is 2.33. The van der Waals surface area contributed by atoms with E-state index in [0.717, 1.165) is 29.1 Å². The van der Waals surface area contributed by atoms with Gasteiger partial charge in [-0.05, 0) is 31.0 Å². The number of sulfonamides is 1. The summed E-state index contributed by atoms with van der Waals surface area (Å²) in [4.78, 5) is 28.0. The van der Waals surface area contributed by atoms with E-state index in [1.54, 1.807) is 35.2 Å². The molecule has 0 bridgehead atoms. The molecule has 2 aromatic rings. The maximum absolute atomic E-state index is 12.7. The second-order valence-electron chi connectivity index (χ2n) is 7.62. The highest BCUT2D eigenvalue weighted by Crippen LogP contribution is 2.30. The largest absolute Gasteiger partial charge is 0.362 e. The van der Waals surface area contributed by atoms with Gasteiger partial charge in [0.25, 0.3) is 15.7 Å². The molecule has 31 heavy (non-hydrogen) atoms. The number of amides is 1. The lowest BCUT2D eigenvalue weighted by Crippen LogP contribution is -2.49. The monoisotopic (exact) mass is 464 g/mol. The maximum Gasteiger partial charge on any atom is 0.292 e. The quantitative estimate of drug-likeness (QED) is 0.480. The highest BCUT2D eigenvalue weighted by molar-refractivity contribution is 7.91. The van der Waals surface area contributed by atoms with Crippen LogP contribution in [0.2, 0.25) is 0 Å². The summed E-state index contributed by atoms with van der Waals surface area (Å²) in [7, 11) is -3.46. The number of anilines is 1. The number of nitrogens with zero attached hydrogens (tertiary/aromatic N) is 4. The molecule has 1 aromatic heterocycles. The van der Waals surface area contributed by atoms with Crippen molar-refractivity contribution in [2.24, 2.45) is 0 Å². The third-order valence-corrected chi connectivity index (χ3v) is 9.12. The molecule has 0 aliphatic carbocycles. The molecule has 4 rings (SSSR count). The molecule has 11 heteroatoms. The number of carbonyl (C=O) groups excluding carboxylic acids is 1. The van der Waals surface area contributed by atoms with Crippen molar-refractivity contribution in [3.05, 3.63) is 51.4 Å². The molecule has 0 unspecified atom stereocenters. The first kappa shape index (κ1) is 21.7. The van der Waals surface area contributed by atoms with Crippen LogP contribution in [0.4, 0.5) is 11.4 Å². The Bertz CT molecular complexity index is 1070. The number of hydrogen-bond donors (Lipinski definition) is 0. The van der Waals surface area contributed by atoms with Crippen LogP contribution < -0.4 is 4.90 Å². The van der Waals surface area contributed by atoms with Gasteiger partial charge in [-0.15, -0.1) is 11.3 Å². The van der Waals surface area contributed by atoms with E-state index in [2.05, 4.69) is 0 Å². The lowest BCUT2D eigenvalue weighted by molar-refractivity contribution is -0.384. The first-order valence-electron chi connectivity index (χ1n) is 10.2. The van der Waals surface area contributed by atoms with Crippen molar-refractivity contribution in [3.8, 4) is 0 Å². The molecule has 1 aromatic carbocycles. The molecular formula is C20H24N4O5S2. The van der Waals surface area contributed by atoms with Gasteiger partial charge in [-0.1, -0.05) is 12.1 Å². The zero-order chi connectivity index (χ0) is 22.0. The van der Waals surface area contributed by atoms with E-state index in [-0.39, 0.29) is 18.0 Å². The van der Waals surface area contributed by atoms with E-state index in [1.807, 2.05) is 4.90 Å². The third kappa shape index (κ3) is 4.58. The normalized spacial score (nSPS) is 17.8. The van der Waals surface area contributed by atoms with E-state index in [4.69, 9.17) is 0 Å². The summed E-state index contributed by atoms with van der Waals surface area (Å²) in [5.41, 5.74) is 0.627. The Hall–Kier alpha value is -2.50. The minimum absolute atomic E-state index is 0.0609. The van der Waals surface area contributed by atoms with E-state index in [0.29, 0.717) is 49.2 Å². The van der Waals surface area contributed by atoms with Gasteiger partial charge in [-0.2, -0.15) is 4.31 Å². The van der Waals surface area contributed by atoms with Crippen molar-refractivity contribution in [2.45, 2.75) is 23.5 Å². The van der Waals surface area contributed by atoms with E-state index in [9.17, 15) is 23.3 Å². The van der Waals surface area contributed by atoms with Crippen LogP contribution >= 0.6 is 11.3 Å². The van der Waals surface area contributed by atoms with Crippen LogP contribution in [0.5, 0.6) is 0 Å². The summed E-state index contributed by atoms with van der Waals surface area (Å²) in [5, 5.41) is 11.3. The van der Waals surface area contributed by atoms with Gasteiger partial charge in [0.05, 0.1) is 11.3 Å². The SMILES string of the molecule is O=C(Cc1ccc(S(=O)(=O)N2CCCC2)s1)N1CCN(c2ccccc2[N+](=O)[O-])CC1. The minimum atomic E-state index is -3.46. The number of nitro benzene ring substituents is 1. The number of nitro groups is 1. The average Bonchev–Trinajstić information content (AvgIpc) is 3.47. The number of hydrogen-bond acceptors (Lipinski definition) is 7. The van der Waals surface area contributed by atoms with Crippen molar-refractivity contribution in [1.29, 1.82) is 0 Å². The van der Waals surface area contributed by atoms with Crippen LogP contribution in [-0.2, 0) is 21.2 Å². The van der Waals surface area contributed by atoms with Gasteiger partial charge in [-0.3, -0.25) is 14.9 Å². The van der Waals surface area contributed by atoms with Gasteiger partial charge in [-0.25, -0.2) is 8.42 Å². The van der Waals surface area contributed by atoms with Crippen molar-refractivity contribution >= 4 is 38.6 Å². The summed E-state index contributed by atoms with van der Waals surface area (Å²) in [6, 6.07) is 9.93. The molecule has 0 spiro atoms. The molecule has 9 nitrogen and oxygen atoms in total. The number of rotatable bonds is 6. The molecule has 166 valence electrons. The fourth-order valence-corrected chi connectivity index (χ4v) is 7.01. The molecule has 1 amide bonds. The Kier molecular flexibility index (Phi) is 6.26. The highest BCUT2D eigenvalue weighted by atomic mass is 32.2. The topological polar surface area (TPSA) is 104 Å². The molecule has 2 fully saturated rings. The zero-order valence-corrected chi connectivity index (χ0v) is 18.6. The zero-order valence-electron chi connectivity index (χ0n) is 17.0. The summed E-state index contributed by atoms with van der Waals surface area (Å²) >= 11 is 1.16. The number of para-hydroxylation sites is 2. The van der Waals surface area contributed by atoms with Crippen molar-refractivity contribution in [1.82, 2.24) is 9.21 Å². The molecule has 0 atom stereocenters. The molecule has 3 heterocycles. The van der Waals surface area contributed by atoms with Crippen molar-refractivity contribution in [3.63, 3.8) is 0 Å². The molecular weight excluding hydrogens is 440 g/mol. The first-order valence-corrected chi connectivity index (χ1v) is 12.5. The Labute approximate surface area is 185 Å². The Morgan fingerprint density at radius 2 is 1.68 bits per heavy atom. The Morgan fingerprint density at radius 1 is 1.00 bits per heavy atom. The Balaban J connectivity index is 1.36. The second kappa shape index (κ2) is 8.93. The minimum Gasteiger partial charge on any atom is -0.362 e. The van der Waals surface area contributed by atoms with Crippen molar-refractivity contribution < 1.29 is 18.1 Å². The standard InChI is InChI=1S/C20H24N4O5S2/c25-19(15-16-7-8-20(30-16)31(28,29)23-9-3-4-10-23)22-13-11-21(12-14-22)17-5-1-2-6-18(17)24(26)27/h1-2,5-8H,3-4,9-15H2. The van der Waals surface area contributed by atoms with Crippen LogP contribution in [0.15, 0.2) is 40.6 Å². The summed E-state index contributed by atoms with van der Waals surface area (Å²) in [6.45, 7) is 3.06. The van der Waals surface area contributed by atoms with E-state index < -0.39 is 14.9 Å². The number of benzene rings is 1. The highest BCUT2D eigenvalue weighted by Gasteiger charge is 2.29. The summed E-state index contributed by atoms with van der Waals surface area (Å²) < 4.78 is 27.1. The van der Waals surface area contributed by atoms with Gasteiger partial charge in [0.1, 0.15) is 9.90 Å². The van der Waals surface area contributed by atoms with Crippen LogP contribution in [0.25, 0.3) is 0 Å². The molecule has 2 aliphatic heterocycles. The van der Waals surface area contributed by atoms with E-state index >= 15 is 0 Å². The maximum atomic E-state index is 12.7. The fourth-order valence-electron chi connectivity index (χ4n) is 3.99. The summed E-state index contributed by atoms with van der Waals surface area (Å²) in [5.74, 6) is -0.0609. The van der Waals surface area contributed by atoms with E-state index in [1.165, 1.54) is 10.4 Å². The number of carbonyl (C=O) groups is 1. The van der Waals surface area contributed by atoms with Crippen LogP contribution in [-0.4, -0.2) is 67.7 Å². The third-order valence-electron chi connectivity index (χ3n) is 5.67. The van der Waals surface area contributed by atoms with Gasteiger partial charge in [0.15, 0.2) is 0 Å². The molecule has 0 saturated carbocycles. The first-order chi connectivity index (χ1) is 14.9.